The third kappa shape index (κ3) is 2.27. The molecule has 0 aromatic carbocycles. The zero-order valence-corrected chi connectivity index (χ0v) is 15.8. The molecule has 1 fully saturated rings. The summed E-state index contributed by atoms with van der Waals surface area (Å²) in [5.74, 6) is 1.44. The average molecular weight is 385 g/mol. The number of aromatic amines is 1. The van der Waals surface area contributed by atoms with E-state index in [9.17, 15) is 8.42 Å². The monoisotopic (exact) mass is 385 g/mol. The van der Waals surface area contributed by atoms with Crippen LogP contribution in [0.5, 0.6) is 5.88 Å². The van der Waals surface area contributed by atoms with Crippen molar-refractivity contribution >= 4 is 26.7 Å². The minimum absolute atomic E-state index is 0.137. The maximum absolute atomic E-state index is 12.6. The number of nitrogens with zero attached hydrogens (tertiary/aromatic N) is 4. The number of hydrogen-bond donors (Lipinski definition) is 1. The Kier molecular flexibility index (Phi) is 3.31. The van der Waals surface area contributed by atoms with Crippen molar-refractivity contribution in [2.75, 3.05) is 24.8 Å². The minimum Gasteiger partial charge on any atom is -0.481 e. The molecule has 1 aliphatic heterocycles. The molecule has 4 heterocycles. The number of methoxy groups -OCH3 is 1. The van der Waals surface area contributed by atoms with E-state index in [0.717, 1.165) is 35.3 Å². The quantitative estimate of drug-likeness (QED) is 0.732. The molecule has 140 valence electrons. The Hall–Kier alpha value is -2.68. The lowest BCUT2D eigenvalue weighted by molar-refractivity contribution is 0.225. The molecule has 0 bridgehead atoms. The fourth-order valence-electron chi connectivity index (χ4n) is 4.48. The van der Waals surface area contributed by atoms with Crippen molar-refractivity contribution in [1.82, 2.24) is 19.9 Å². The molecular weight excluding hydrogens is 366 g/mol. The number of hydrogen-bond acceptors (Lipinski definition) is 7. The van der Waals surface area contributed by atoms with Crippen molar-refractivity contribution in [3.05, 3.63) is 36.4 Å². The van der Waals surface area contributed by atoms with Crippen molar-refractivity contribution in [1.29, 1.82) is 0 Å². The molecule has 1 spiro atoms. The zero-order chi connectivity index (χ0) is 18.8. The predicted molar refractivity (Wildman–Crippen MR) is 99.8 cm³/mol. The Morgan fingerprint density at radius 2 is 2.11 bits per heavy atom. The van der Waals surface area contributed by atoms with E-state index in [2.05, 4.69) is 24.8 Å². The molecule has 0 unspecified atom stereocenters. The molecule has 2 aliphatic rings. The molecule has 8 nitrogen and oxygen atoms in total. The highest BCUT2D eigenvalue weighted by Gasteiger charge is 2.56. The topological polar surface area (TPSA) is 101 Å². The Morgan fingerprint density at radius 3 is 2.89 bits per heavy atom. The Morgan fingerprint density at radius 1 is 1.30 bits per heavy atom. The van der Waals surface area contributed by atoms with Gasteiger partial charge in [0.2, 0.25) is 5.88 Å². The number of H-pyrrole nitrogens is 1. The van der Waals surface area contributed by atoms with Crippen molar-refractivity contribution < 1.29 is 13.2 Å². The van der Waals surface area contributed by atoms with Gasteiger partial charge in [0.1, 0.15) is 17.8 Å². The van der Waals surface area contributed by atoms with Crippen LogP contribution in [0.15, 0.2) is 35.7 Å². The van der Waals surface area contributed by atoms with Gasteiger partial charge < -0.3 is 14.6 Å². The lowest BCUT2D eigenvalue weighted by atomic mass is 9.62. The van der Waals surface area contributed by atoms with Gasteiger partial charge >= 0.3 is 0 Å². The van der Waals surface area contributed by atoms with Crippen LogP contribution in [0.2, 0.25) is 0 Å². The standard InChI is InChI=1S/C18H19N5O3S/c1-23(17-12-3-4-19-16(12)21-10-22-17)11-6-18(7-11)9-27(24,25)14-8-20-15(26-2)5-13(14)18/h3-5,8,10-11H,6-7,9H2,1-2H3,(H,19,21,22)/t11-,18-. The van der Waals surface area contributed by atoms with E-state index in [1.807, 2.05) is 19.3 Å². The summed E-state index contributed by atoms with van der Waals surface area (Å²) in [5, 5.41) is 0.964. The molecule has 9 heteroatoms. The summed E-state index contributed by atoms with van der Waals surface area (Å²) in [6.07, 6.45) is 6.32. The van der Waals surface area contributed by atoms with Crippen molar-refractivity contribution in [3.63, 3.8) is 0 Å². The SMILES string of the molecule is COc1cc2c(cn1)S(=O)(=O)C[C@]21C[C@@H](N(C)c2ncnc3[nH]ccc23)C1. The predicted octanol–water partition coefficient (Wildman–Crippen LogP) is 1.69. The summed E-state index contributed by atoms with van der Waals surface area (Å²) >= 11 is 0. The number of anilines is 1. The maximum Gasteiger partial charge on any atom is 0.213 e. The fraction of sp³-hybridized carbons (Fsp3) is 0.389. The molecule has 27 heavy (non-hydrogen) atoms. The normalized spacial score (nSPS) is 25.3. The molecule has 5 rings (SSSR count). The van der Waals surface area contributed by atoms with Crippen LogP contribution in [0, 0.1) is 0 Å². The van der Waals surface area contributed by atoms with Gasteiger partial charge in [0.25, 0.3) is 0 Å². The number of pyridine rings is 1. The maximum atomic E-state index is 12.6. The van der Waals surface area contributed by atoms with E-state index >= 15 is 0 Å². The minimum atomic E-state index is -3.31. The first-order chi connectivity index (χ1) is 12.9. The van der Waals surface area contributed by atoms with Gasteiger partial charge in [0.15, 0.2) is 9.84 Å². The van der Waals surface area contributed by atoms with Gasteiger partial charge in [-0.25, -0.2) is 23.4 Å². The van der Waals surface area contributed by atoms with Gasteiger partial charge in [0, 0.05) is 37.0 Å². The first-order valence-corrected chi connectivity index (χ1v) is 10.4. The summed E-state index contributed by atoms with van der Waals surface area (Å²) in [7, 11) is 0.239. The third-order valence-electron chi connectivity index (χ3n) is 5.89. The van der Waals surface area contributed by atoms with Crippen molar-refractivity contribution in [2.24, 2.45) is 0 Å². The number of rotatable bonds is 3. The molecule has 1 aliphatic carbocycles. The lowest BCUT2D eigenvalue weighted by Crippen LogP contribution is -2.53. The van der Waals surface area contributed by atoms with Crippen LogP contribution in [0.25, 0.3) is 11.0 Å². The summed E-state index contributed by atoms with van der Waals surface area (Å²) in [4.78, 5) is 18.3. The van der Waals surface area contributed by atoms with Crippen molar-refractivity contribution in [3.8, 4) is 5.88 Å². The molecule has 1 saturated carbocycles. The Bertz CT molecular complexity index is 1150. The lowest BCUT2D eigenvalue weighted by Gasteiger charge is -2.49. The second kappa shape index (κ2) is 5.41. The molecule has 0 atom stereocenters. The summed E-state index contributed by atoms with van der Waals surface area (Å²) in [5.41, 5.74) is 1.27. The highest BCUT2D eigenvalue weighted by atomic mass is 32.2. The van der Waals surface area contributed by atoms with Gasteiger partial charge in [-0.2, -0.15) is 0 Å². The van der Waals surface area contributed by atoms with E-state index in [4.69, 9.17) is 4.74 Å². The van der Waals surface area contributed by atoms with Crippen LogP contribution >= 0.6 is 0 Å². The van der Waals surface area contributed by atoms with Crippen LogP contribution in [0.3, 0.4) is 0 Å². The van der Waals surface area contributed by atoms with Gasteiger partial charge in [-0.3, -0.25) is 0 Å². The summed E-state index contributed by atoms with van der Waals surface area (Å²) < 4.78 is 30.5. The van der Waals surface area contributed by atoms with Crippen LogP contribution in [0.4, 0.5) is 5.82 Å². The second-order valence-electron chi connectivity index (χ2n) is 7.37. The van der Waals surface area contributed by atoms with Gasteiger partial charge in [-0.1, -0.05) is 0 Å². The van der Waals surface area contributed by atoms with E-state index in [1.54, 1.807) is 19.5 Å². The van der Waals surface area contributed by atoms with E-state index in [0.29, 0.717) is 10.8 Å². The number of aromatic nitrogens is 4. The van der Waals surface area contributed by atoms with Crippen LogP contribution in [0.1, 0.15) is 18.4 Å². The van der Waals surface area contributed by atoms with E-state index < -0.39 is 9.84 Å². The Balaban J connectivity index is 1.48. The van der Waals surface area contributed by atoms with E-state index in [-0.39, 0.29) is 17.2 Å². The summed E-state index contributed by atoms with van der Waals surface area (Å²) in [6.45, 7) is 0. The van der Waals surface area contributed by atoms with Crippen LogP contribution in [-0.4, -0.2) is 54.3 Å². The first kappa shape index (κ1) is 16.5. The third-order valence-corrected chi connectivity index (χ3v) is 7.82. The number of sulfone groups is 1. The highest BCUT2D eigenvalue weighted by molar-refractivity contribution is 7.91. The van der Waals surface area contributed by atoms with Gasteiger partial charge in [-0.15, -0.1) is 0 Å². The smallest absolute Gasteiger partial charge is 0.213 e. The highest BCUT2D eigenvalue weighted by Crippen LogP contribution is 2.54. The van der Waals surface area contributed by atoms with Crippen LogP contribution < -0.4 is 9.64 Å². The zero-order valence-electron chi connectivity index (χ0n) is 15.0. The molecule has 3 aromatic rings. The number of ether oxygens (including phenoxy) is 1. The fourth-order valence-corrected chi connectivity index (χ4v) is 6.58. The van der Waals surface area contributed by atoms with Gasteiger partial charge in [-0.05, 0) is 24.5 Å². The number of fused-ring (bicyclic) bond motifs is 3. The molecule has 0 radical (unpaired) electrons. The molecule has 0 saturated heterocycles. The summed E-state index contributed by atoms with van der Waals surface area (Å²) in [6, 6.07) is 3.95. The Labute approximate surface area is 156 Å². The van der Waals surface area contributed by atoms with E-state index in [1.165, 1.54) is 6.20 Å². The molecule has 0 amide bonds. The molecule has 3 aromatic heterocycles. The average Bonchev–Trinajstić information content (AvgIpc) is 3.20. The second-order valence-corrected chi connectivity index (χ2v) is 9.33. The molecular formula is C18H19N5O3S. The van der Waals surface area contributed by atoms with Crippen LogP contribution in [-0.2, 0) is 15.3 Å². The first-order valence-electron chi connectivity index (χ1n) is 8.72. The van der Waals surface area contributed by atoms with Gasteiger partial charge in [0.05, 0.1) is 23.1 Å². The van der Waals surface area contributed by atoms with Crippen molar-refractivity contribution in [2.45, 2.75) is 29.2 Å². The number of nitrogens with one attached hydrogen (secondary N) is 1. The molecule has 1 N–H and O–H groups in total. The largest absolute Gasteiger partial charge is 0.481 e.